The minimum Gasteiger partial charge on any atom is -0.316 e. The summed E-state index contributed by atoms with van der Waals surface area (Å²) in [6, 6.07) is 0.668. The third-order valence-corrected chi connectivity index (χ3v) is 3.51. The molecule has 0 heterocycles. The van der Waals surface area contributed by atoms with Crippen molar-refractivity contribution in [3.05, 3.63) is 0 Å². The van der Waals surface area contributed by atoms with Crippen molar-refractivity contribution < 1.29 is 0 Å². The molecule has 1 N–H and O–H groups in total. The van der Waals surface area contributed by atoms with E-state index in [2.05, 4.69) is 51.2 Å². The third kappa shape index (κ3) is 7.20. The average molecular weight is 232 g/mol. The first-order valence-electron chi connectivity index (χ1n) is 5.83. The summed E-state index contributed by atoms with van der Waals surface area (Å²) in [6.07, 6.45) is 2.17. The second-order valence-corrected chi connectivity index (χ2v) is 6.07. The molecule has 0 amide bonds. The summed E-state index contributed by atoms with van der Waals surface area (Å²) in [5.41, 5.74) is 0.359. The topological polar surface area (TPSA) is 15.3 Å². The first kappa shape index (κ1) is 15.3. The lowest BCUT2D eigenvalue weighted by Gasteiger charge is -2.33. The number of nitrogens with one attached hydrogen (secondary N) is 1. The molecule has 0 aromatic heterocycles. The normalized spacial score (nSPS) is 14.6. The van der Waals surface area contributed by atoms with E-state index in [1.54, 1.807) is 0 Å². The highest BCUT2D eigenvalue weighted by Crippen LogP contribution is 2.17. The van der Waals surface area contributed by atoms with Gasteiger partial charge in [0.2, 0.25) is 0 Å². The maximum Gasteiger partial charge on any atom is 0.0155 e. The Labute approximate surface area is 100 Å². The van der Waals surface area contributed by atoms with Crippen LogP contribution in [0.4, 0.5) is 0 Å². The minimum atomic E-state index is 0.359. The Bertz CT molecular complexity index is 160. The third-order valence-electron chi connectivity index (χ3n) is 2.69. The summed E-state index contributed by atoms with van der Waals surface area (Å²) < 4.78 is 0. The lowest BCUT2D eigenvalue weighted by molar-refractivity contribution is 0.176. The molecule has 0 bridgehead atoms. The zero-order valence-corrected chi connectivity index (χ0v) is 12.1. The molecular formula is C12H28N2S. The summed E-state index contributed by atoms with van der Waals surface area (Å²) >= 11 is 1.92. The van der Waals surface area contributed by atoms with E-state index in [9.17, 15) is 0 Å². The average Bonchev–Trinajstić information content (AvgIpc) is 2.14. The number of rotatable bonds is 8. The van der Waals surface area contributed by atoms with E-state index in [0.717, 1.165) is 19.6 Å². The van der Waals surface area contributed by atoms with Crippen LogP contribution in [-0.4, -0.2) is 49.6 Å². The zero-order valence-electron chi connectivity index (χ0n) is 11.3. The fraction of sp³-hybridized carbons (Fsp3) is 1.00. The largest absolute Gasteiger partial charge is 0.316 e. The van der Waals surface area contributed by atoms with Gasteiger partial charge in [-0.05, 0) is 32.2 Å². The highest BCUT2D eigenvalue weighted by Gasteiger charge is 2.21. The first-order chi connectivity index (χ1) is 6.93. The van der Waals surface area contributed by atoms with Crippen molar-refractivity contribution >= 4 is 11.8 Å². The molecule has 0 saturated heterocycles. The molecule has 15 heavy (non-hydrogen) atoms. The van der Waals surface area contributed by atoms with Crippen LogP contribution in [0.3, 0.4) is 0 Å². The number of hydrogen-bond acceptors (Lipinski definition) is 3. The van der Waals surface area contributed by atoms with Crippen LogP contribution in [0.1, 0.15) is 27.7 Å². The van der Waals surface area contributed by atoms with Gasteiger partial charge in [0.25, 0.3) is 0 Å². The maximum atomic E-state index is 3.43. The summed E-state index contributed by atoms with van der Waals surface area (Å²) in [6.45, 7) is 12.4. The summed E-state index contributed by atoms with van der Waals surface area (Å²) in [7, 11) is 2.23. The van der Waals surface area contributed by atoms with Crippen molar-refractivity contribution in [1.29, 1.82) is 0 Å². The monoisotopic (exact) mass is 232 g/mol. The quantitative estimate of drug-likeness (QED) is 0.691. The predicted molar refractivity (Wildman–Crippen MR) is 72.8 cm³/mol. The van der Waals surface area contributed by atoms with Gasteiger partial charge < -0.3 is 10.2 Å². The molecule has 0 aliphatic carbocycles. The molecule has 0 radical (unpaired) electrons. The van der Waals surface area contributed by atoms with Gasteiger partial charge in [-0.15, -0.1) is 0 Å². The number of nitrogens with zero attached hydrogens (tertiary/aromatic N) is 1. The van der Waals surface area contributed by atoms with Crippen molar-refractivity contribution in [2.45, 2.75) is 33.7 Å². The van der Waals surface area contributed by atoms with Gasteiger partial charge >= 0.3 is 0 Å². The van der Waals surface area contributed by atoms with Gasteiger partial charge in [0.1, 0.15) is 0 Å². The molecule has 1 atom stereocenters. The summed E-state index contributed by atoms with van der Waals surface area (Å²) in [4.78, 5) is 2.47. The molecular weight excluding hydrogens is 204 g/mol. The van der Waals surface area contributed by atoms with Crippen LogP contribution in [0.2, 0.25) is 0 Å². The van der Waals surface area contributed by atoms with Crippen LogP contribution in [0, 0.1) is 5.41 Å². The standard InChI is InChI=1S/C12H28N2S/c1-7-13-9-12(3,4)10-14(5)11(2)8-15-6/h11,13H,7-10H2,1-6H3. The number of hydrogen-bond donors (Lipinski definition) is 1. The van der Waals surface area contributed by atoms with Crippen molar-refractivity contribution in [1.82, 2.24) is 10.2 Å². The fourth-order valence-corrected chi connectivity index (χ4v) is 2.46. The van der Waals surface area contributed by atoms with Crippen molar-refractivity contribution in [2.75, 3.05) is 38.7 Å². The van der Waals surface area contributed by atoms with Gasteiger partial charge in [0.05, 0.1) is 0 Å². The predicted octanol–water partition coefficient (Wildman–Crippen LogP) is 2.31. The Morgan fingerprint density at radius 2 is 2.00 bits per heavy atom. The van der Waals surface area contributed by atoms with Crippen LogP contribution in [-0.2, 0) is 0 Å². The van der Waals surface area contributed by atoms with Crippen LogP contribution in [0.5, 0.6) is 0 Å². The molecule has 0 saturated carbocycles. The van der Waals surface area contributed by atoms with Crippen LogP contribution >= 0.6 is 11.8 Å². The van der Waals surface area contributed by atoms with Crippen LogP contribution in [0.25, 0.3) is 0 Å². The zero-order chi connectivity index (χ0) is 11.9. The second kappa shape index (κ2) is 7.53. The smallest absolute Gasteiger partial charge is 0.0155 e. The van der Waals surface area contributed by atoms with Gasteiger partial charge in [-0.2, -0.15) is 11.8 Å². The summed E-state index contributed by atoms with van der Waals surface area (Å²) in [5, 5.41) is 3.43. The molecule has 92 valence electrons. The molecule has 0 rings (SSSR count). The molecule has 0 aliphatic rings. The van der Waals surface area contributed by atoms with Crippen LogP contribution < -0.4 is 5.32 Å². The molecule has 2 nitrogen and oxygen atoms in total. The lowest BCUT2D eigenvalue weighted by atomic mass is 9.92. The van der Waals surface area contributed by atoms with E-state index in [1.807, 2.05) is 11.8 Å². The van der Waals surface area contributed by atoms with Gasteiger partial charge in [0, 0.05) is 24.9 Å². The Hall–Kier alpha value is 0.270. The fourth-order valence-electron chi connectivity index (χ4n) is 1.72. The number of thioether (sulfide) groups is 1. The second-order valence-electron chi connectivity index (χ2n) is 5.16. The first-order valence-corrected chi connectivity index (χ1v) is 7.22. The van der Waals surface area contributed by atoms with E-state index < -0.39 is 0 Å². The van der Waals surface area contributed by atoms with Crippen molar-refractivity contribution in [3.8, 4) is 0 Å². The summed E-state index contributed by atoms with van der Waals surface area (Å²) in [5.74, 6) is 1.22. The minimum absolute atomic E-state index is 0.359. The van der Waals surface area contributed by atoms with Crippen molar-refractivity contribution in [3.63, 3.8) is 0 Å². The van der Waals surface area contributed by atoms with E-state index in [4.69, 9.17) is 0 Å². The van der Waals surface area contributed by atoms with Gasteiger partial charge in [-0.3, -0.25) is 0 Å². The lowest BCUT2D eigenvalue weighted by Crippen LogP contribution is -2.43. The Morgan fingerprint density at radius 1 is 1.40 bits per heavy atom. The molecule has 0 aliphatic heterocycles. The molecule has 3 heteroatoms. The highest BCUT2D eigenvalue weighted by atomic mass is 32.2. The molecule has 0 fully saturated rings. The molecule has 1 unspecified atom stereocenters. The van der Waals surface area contributed by atoms with E-state index >= 15 is 0 Å². The molecule has 0 aromatic rings. The SMILES string of the molecule is CCNCC(C)(C)CN(C)C(C)CSC. The van der Waals surface area contributed by atoms with Crippen molar-refractivity contribution in [2.24, 2.45) is 5.41 Å². The van der Waals surface area contributed by atoms with Gasteiger partial charge in [-0.1, -0.05) is 20.8 Å². The Morgan fingerprint density at radius 3 is 2.47 bits per heavy atom. The maximum absolute atomic E-state index is 3.43. The Balaban J connectivity index is 3.96. The molecule has 0 spiro atoms. The van der Waals surface area contributed by atoms with Crippen LogP contribution in [0.15, 0.2) is 0 Å². The van der Waals surface area contributed by atoms with E-state index in [0.29, 0.717) is 11.5 Å². The highest BCUT2D eigenvalue weighted by molar-refractivity contribution is 7.98. The van der Waals surface area contributed by atoms with E-state index in [-0.39, 0.29) is 0 Å². The Kier molecular flexibility index (Phi) is 7.66. The van der Waals surface area contributed by atoms with Gasteiger partial charge in [0.15, 0.2) is 0 Å². The van der Waals surface area contributed by atoms with Gasteiger partial charge in [-0.25, -0.2) is 0 Å². The van der Waals surface area contributed by atoms with E-state index in [1.165, 1.54) is 5.75 Å². The molecule has 0 aromatic carbocycles.